The summed E-state index contributed by atoms with van der Waals surface area (Å²) in [6, 6.07) is 0. The van der Waals surface area contributed by atoms with Crippen molar-refractivity contribution in [1.82, 2.24) is 4.90 Å². The van der Waals surface area contributed by atoms with Crippen molar-refractivity contribution in [3.05, 3.63) is 12.7 Å². The van der Waals surface area contributed by atoms with Crippen LogP contribution in [0.25, 0.3) is 0 Å². The van der Waals surface area contributed by atoms with Gasteiger partial charge in [-0.05, 0) is 13.0 Å². The van der Waals surface area contributed by atoms with Gasteiger partial charge in [-0.15, -0.1) is 0 Å². The molecular formula is C24H43NO11. The summed E-state index contributed by atoms with van der Waals surface area (Å²) >= 11 is 0. The lowest BCUT2D eigenvalue weighted by Crippen LogP contribution is -2.65. The molecule has 2 saturated heterocycles. The third-order valence-corrected chi connectivity index (χ3v) is 6.56. The van der Waals surface area contributed by atoms with Gasteiger partial charge in [0.05, 0.1) is 19.3 Å². The van der Waals surface area contributed by atoms with Crippen LogP contribution in [0.2, 0.25) is 0 Å². The molecule has 10 unspecified atom stereocenters. The fourth-order valence-corrected chi connectivity index (χ4v) is 4.76. The molecule has 0 N–H and O–H groups in total. The van der Waals surface area contributed by atoms with E-state index in [-0.39, 0.29) is 38.1 Å². The quantitative estimate of drug-likeness (QED) is 0.231. The van der Waals surface area contributed by atoms with E-state index in [1.807, 2.05) is 6.92 Å². The number of ether oxygens (including phenoxy) is 10. The lowest BCUT2D eigenvalue weighted by atomic mass is 9.94. The molecule has 2 aliphatic heterocycles. The van der Waals surface area contributed by atoms with E-state index in [9.17, 15) is 4.79 Å². The summed E-state index contributed by atoms with van der Waals surface area (Å²) in [5, 5.41) is 0. The Morgan fingerprint density at radius 1 is 0.806 bits per heavy atom. The maximum absolute atomic E-state index is 11.8. The molecule has 2 fully saturated rings. The Hall–Kier alpha value is -1.19. The smallest absolute Gasteiger partial charge is 0.247 e. The SMILES string of the molecule is C=CC(=O)N(C)COCC1OC(OC2C(COC)OC(C)C(OC)C2OC)C(OC)C(OC)C1OC. The van der Waals surface area contributed by atoms with Gasteiger partial charge in [-0.3, -0.25) is 4.79 Å². The fraction of sp³-hybridized carbons (Fsp3) is 0.875. The average Bonchev–Trinajstić information content (AvgIpc) is 2.88. The molecule has 0 bridgehead atoms. The van der Waals surface area contributed by atoms with Crippen LogP contribution in [0.3, 0.4) is 0 Å². The van der Waals surface area contributed by atoms with Crippen LogP contribution in [0.15, 0.2) is 12.7 Å². The molecule has 1 amide bonds. The summed E-state index contributed by atoms with van der Waals surface area (Å²) in [5.41, 5.74) is 0. The van der Waals surface area contributed by atoms with Gasteiger partial charge in [0.15, 0.2) is 6.29 Å². The maximum atomic E-state index is 11.8. The second-order valence-corrected chi connectivity index (χ2v) is 8.72. The number of nitrogens with zero attached hydrogens (tertiary/aromatic N) is 1. The summed E-state index contributed by atoms with van der Waals surface area (Å²) in [4.78, 5) is 13.1. The number of hydrogen-bond acceptors (Lipinski definition) is 11. The molecule has 10 atom stereocenters. The number of carbonyl (C=O) groups is 1. The second-order valence-electron chi connectivity index (χ2n) is 8.72. The third kappa shape index (κ3) is 7.22. The maximum Gasteiger partial charge on any atom is 0.247 e. The molecule has 0 aromatic rings. The van der Waals surface area contributed by atoms with Crippen molar-refractivity contribution in [2.24, 2.45) is 0 Å². The highest BCUT2D eigenvalue weighted by atomic mass is 16.7. The topological polar surface area (TPSA) is 113 Å². The number of rotatable bonds is 14. The Labute approximate surface area is 213 Å². The largest absolute Gasteiger partial charge is 0.382 e. The van der Waals surface area contributed by atoms with E-state index in [4.69, 9.17) is 47.4 Å². The number of carbonyl (C=O) groups excluding carboxylic acids is 1. The van der Waals surface area contributed by atoms with Crippen molar-refractivity contribution in [3.8, 4) is 0 Å². The highest BCUT2D eigenvalue weighted by Gasteiger charge is 2.52. The Morgan fingerprint density at radius 3 is 1.89 bits per heavy atom. The standard InChI is InChI=1S/C24H43NO11/c1-10-17(26)25(3)13-33-12-16-19(29-6)22(31-8)23(32-9)24(35-16)36-20-15(11-27-4)34-14(2)18(28-5)21(20)30-7/h10,14-16,18-24H,1,11-13H2,2-9H3. The minimum absolute atomic E-state index is 0.0452. The molecule has 2 rings (SSSR count). The Kier molecular flexibility index (Phi) is 13.2. The van der Waals surface area contributed by atoms with Gasteiger partial charge in [0.25, 0.3) is 0 Å². The van der Waals surface area contributed by atoms with Crippen LogP contribution in [0.4, 0.5) is 0 Å². The molecule has 0 aromatic heterocycles. The molecule has 12 heteroatoms. The summed E-state index contributed by atoms with van der Waals surface area (Å²) < 4.78 is 58.8. The molecule has 36 heavy (non-hydrogen) atoms. The van der Waals surface area contributed by atoms with Crippen LogP contribution in [-0.2, 0) is 52.2 Å². The van der Waals surface area contributed by atoms with E-state index < -0.39 is 49.0 Å². The second kappa shape index (κ2) is 15.3. The lowest BCUT2D eigenvalue weighted by molar-refractivity contribution is -0.351. The van der Waals surface area contributed by atoms with Crippen molar-refractivity contribution in [1.29, 1.82) is 0 Å². The average molecular weight is 522 g/mol. The Morgan fingerprint density at radius 2 is 1.36 bits per heavy atom. The molecule has 12 nitrogen and oxygen atoms in total. The van der Waals surface area contributed by atoms with E-state index >= 15 is 0 Å². The first-order chi connectivity index (χ1) is 17.3. The van der Waals surface area contributed by atoms with Crippen LogP contribution in [0.5, 0.6) is 0 Å². The number of hydrogen-bond donors (Lipinski definition) is 0. The molecule has 0 aromatic carbocycles. The number of methoxy groups -OCH3 is 6. The zero-order valence-electron chi connectivity index (χ0n) is 22.6. The first kappa shape index (κ1) is 31.0. The normalized spacial score (nSPS) is 37.0. The first-order valence-electron chi connectivity index (χ1n) is 11.9. The number of amides is 1. The van der Waals surface area contributed by atoms with Crippen LogP contribution < -0.4 is 0 Å². The van der Waals surface area contributed by atoms with Crippen molar-refractivity contribution in [3.63, 3.8) is 0 Å². The van der Waals surface area contributed by atoms with E-state index in [2.05, 4.69) is 6.58 Å². The van der Waals surface area contributed by atoms with E-state index in [0.29, 0.717) is 0 Å². The molecule has 0 saturated carbocycles. The first-order valence-corrected chi connectivity index (χ1v) is 11.9. The molecule has 2 heterocycles. The van der Waals surface area contributed by atoms with Crippen LogP contribution in [0, 0.1) is 0 Å². The molecule has 0 spiro atoms. The van der Waals surface area contributed by atoms with Gasteiger partial charge in [-0.2, -0.15) is 0 Å². The highest BCUT2D eigenvalue weighted by Crippen LogP contribution is 2.33. The van der Waals surface area contributed by atoms with Crippen molar-refractivity contribution >= 4 is 5.91 Å². The van der Waals surface area contributed by atoms with Crippen molar-refractivity contribution in [2.75, 3.05) is 69.7 Å². The van der Waals surface area contributed by atoms with Gasteiger partial charge in [-0.1, -0.05) is 6.58 Å². The lowest BCUT2D eigenvalue weighted by Gasteiger charge is -2.49. The molecule has 210 valence electrons. The van der Waals surface area contributed by atoms with Gasteiger partial charge in [0, 0.05) is 49.7 Å². The zero-order chi connectivity index (χ0) is 26.8. The monoisotopic (exact) mass is 521 g/mol. The minimum atomic E-state index is -0.885. The number of likely N-dealkylation sites (N-methyl/N-ethyl adjacent to an activating group) is 1. The van der Waals surface area contributed by atoms with Crippen molar-refractivity contribution < 1.29 is 52.2 Å². The summed E-state index contributed by atoms with van der Waals surface area (Å²) in [6.07, 6.45) is -4.09. The molecule has 0 radical (unpaired) electrons. The molecule has 0 aliphatic carbocycles. The van der Waals surface area contributed by atoms with Gasteiger partial charge in [-0.25, -0.2) is 0 Å². The van der Waals surface area contributed by atoms with Gasteiger partial charge in [0.2, 0.25) is 5.91 Å². The Bertz CT molecular complexity index is 668. The predicted octanol–water partition coefficient (Wildman–Crippen LogP) is 0.224. The van der Waals surface area contributed by atoms with Crippen molar-refractivity contribution in [2.45, 2.75) is 68.1 Å². The van der Waals surface area contributed by atoms with Crippen LogP contribution in [0.1, 0.15) is 6.92 Å². The van der Waals surface area contributed by atoms with Gasteiger partial charge < -0.3 is 52.3 Å². The van der Waals surface area contributed by atoms with Crippen LogP contribution in [-0.4, -0.2) is 142 Å². The zero-order valence-corrected chi connectivity index (χ0v) is 22.6. The minimum Gasteiger partial charge on any atom is -0.382 e. The third-order valence-electron chi connectivity index (χ3n) is 6.56. The van der Waals surface area contributed by atoms with Gasteiger partial charge >= 0.3 is 0 Å². The summed E-state index contributed by atoms with van der Waals surface area (Å²) in [6.45, 7) is 5.83. The van der Waals surface area contributed by atoms with Gasteiger partial charge in [0.1, 0.15) is 55.6 Å². The fourth-order valence-electron chi connectivity index (χ4n) is 4.76. The van der Waals surface area contributed by atoms with E-state index in [1.54, 1.807) is 49.7 Å². The Balaban J connectivity index is 2.26. The predicted molar refractivity (Wildman–Crippen MR) is 128 cm³/mol. The molecular weight excluding hydrogens is 478 g/mol. The summed E-state index contributed by atoms with van der Waals surface area (Å²) in [5.74, 6) is -0.257. The summed E-state index contributed by atoms with van der Waals surface area (Å²) in [7, 11) is 11.1. The molecule has 2 aliphatic rings. The van der Waals surface area contributed by atoms with E-state index in [0.717, 1.165) is 0 Å². The van der Waals surface area contributed by atoms with Crippen LogP contribution >= 0.6 is 0 Å². The van der Waals surface area contributed by atoms with E-state index in [1.165, 1.54) is 11.0 Å². The highest BCUT2D eigenvalue weighted by molar-refractivity contribution is 5.86.